The van der Waals surface area contributed by atoms with Crippen molar-refractivity contribution in [1.29, 1.82) is 0 Å². The van der Waals surface area contributed by atoms with Crippen LogP contribution in [0.2, 0.25) is 0 Å². The zero-order chi connectivity index (χ0) is 14.9. The molecule has 0 aromatic heterocycles. The Balaban J connectivity index is 3.22. The van der Waals surface area contributed by atoms with Gasteiger partial charge >= 0.3 is 0 Å². The third-order valence-corrected chi connectivity index (χ3v) is 3.35. The molecule has 0 unspecified atom stereocenters. The Morgan fingerprint density at radius 1 is 0.750 bits per heavy atom. The molecule has 20 heavy (non-hydrogen) atoms. The van der Waals surface area contributed by atoms with Gasteiger partial charge in [0.15, 0.2) is 0 Å². The van der Waals surface area contributed by atoms with Crippen LogP contribution in [0.15, 0.2) is 36.5 Å². The summed E-state index contributed by atoms with van der Waals surface area (Å²) in [5.74, 6) is 0. The Morgan fingerprint density at radius 2 is 1.30 bits per heavy atom. The van der Waals surface area contributed by atoms with Crippen LogP contribution in [0.5, 0.6) is 0 Å². The van der Waals surface area contributed by atoms with Gasteiger partial charge in [-0.1, -0.05) is 75.2 Å². The van der Waals surface area contributed by atoms with E-state index in [4.69, 9.17) is 12.2 Å². The van der Waals surface area contributed by atoms with E-state index in [0.29, 0.717) is 0 Å². The molecule has 0 radical (unpaired) electrons. The van der Waals surface area contributed by atoms with Gasteiger partial charge in [0.1, 0.15) is 0 Å². The molecule has 0 nitrogen and oxygen atoms in total. The molecule has 0 aliphatic rings. The number of rotatable bonds is 13. The van der Waals surface area contributed by atoms with Gasteiger partial charge in [0, 0.05) is 4.86 Å². The Morgan fingerprint density at radius 3 is 1.85 bits per heavy atom. The molecular formula is C19H32S. The van der Waals surface area contributed by atoms with Gasteiger partial charge in [-0.15, -0.1) is 0 Å². The van der Waals surface area contributed by atoms with Gasteiger partial charge in [-0.25, -0.2) is 0 Å². The van der Waals surface area contributed by atoms with E-state index in [9.17, 15) is 0 Å². The maximum atomic E-state index is 4.97. The highest BCUT2D eigenvalue weighted by Gasteiger charge is 1.87. The van der Waals surface area contributed by atoms with Gasteiger partial charge in [0.2, 0.25) is 0 Å². The summed E-state index contributed by atoms with van der Waals surface area (Å²) in [6.07, 6.45) is 26.2. The van der Waals surface area contributed by atoms with Gasteiger partial charge in [-0.05, 0) is 51.5 Å². The first-order valence-corrected chi connectivity index (χ1v) is 8.67. The minimum absolute atomic E-state index is 0.942. The van der Waals surface area contributed by atoms with E-state index in [0.717, 1.165) is 4.86 Å². The monoisotopic (exact) mass is 292 g/mol. The fourth-order valence-electron chi connectivity index (χ4n) is 1.99. The van der Waals surface area contributed by atoms with Gasteiger partial charge in [0.05, 0.1) is 0 Å². The molecule has 0 bridgehead atoms. The van der Waals surface area contributed by atoms with Crippen LogP contribution in [-0.2, 0) is 0 Å². The summed E-state index contributed by atoms with van der Waals surface area (Å²) in [4.78, 5) is 0.942. The molecule has 0 N–H and O–H groups in total. The average molecular weight is 293 g/mol. The molecule has 114 valence electrons. The van der Waals surface area contributed by atoms with Crippen LogP contribution in [0.4, 0.5) is 0 Å². The summed E-state index contributed by atoms with van der Waals surface area (Å²) < 4.78 is 0. The molecule has 0 aliphatic heterocycles. The van der Waals surface area contributed by atoms with E-state index in [1.807, 2.05) is 19.1 Å². The Hall–Kier alpha value is -0.690. The molecule has 1 heteroatoms. The number of thiocarbonyl (C=S) groups is 1. The third kappa shape index (κ3) is 17.3. The highest BCUT2D eigenvalue weighted by atomic mass is 32.1. The summed E-state index contributed by atoms with van der Waals surface area (Å²) in [5, 5.41) is 0. The van der Waals surface area contributed by atoms with Crippen molar-refractivity contribution in [3.8, 4) is 0 Å². The van der Waals surface area contributed by atoms with E-state index in [1.165, 1.54) is 64.2 Å². The minimum atomic E-state index is 0.942. The van der Waals surface area contributed by atoms with Crippen molar-refractivity contribution in [2.75, 3.05) is 0 Å². The lowest BCUT2D eigenvalue weighted by Gasteiger charge is -1.97. The SMILES string of the molecule is CCCCC/C=C\CCCCCC/C=C/C=C/C(C)=S. The van der Waals surface area contributed by atoms with Crippen LogP contribution < -0.4 is 0 Å². The lowest BCUT2D eigenvalue weighted by Crippen LogP contribution is -1.77. The second-order valence-corrected chi connectivity index (χ2v) is 6.00. The van der Waals surface area contributed by atoms with Crippen LogP contribution in [0, 0.1) is 0 Å². The first-order chi connectivity index (χ1) is 9.77. The molecule has 0 amide bonds. The van der Waals surface area contributed by atoms with Crippen LogP contribution in [0.3, 0.4) is 0 Å². The molecule has 0 saturated heterocycles. The normalized spacial score (nSPS) is 12.1. The summed E-state index contributed by atoms with van der Waals surface area (Å²) in [6.45, 7) is 4.20. The van der Waals surface area contributed by atoms with Crippen molar-refractivity contribution in [2.24, 2.45) is 0 Å². The molecule has 0 heterocycles. The molecule has 0 aromatic rings. The van der Waals surface area contributed by atoms with Gasteiger partial charge in [-0.2, -0.15) is 0 Å². The highest BCUT2D eigenvalue weighted by Crippen LogP contribution is 2.07. The van der Waals surface area contributed by atoms with Crippen molar-refractivity contribution in [3.63, 3.8) is 0 Å². The zero-order valence-corrected chi connectivity index (χ0v) is 14.3. The molecule has 0 atom stereocenters. The van der Waals surface area contributed by atoms with Crippen LogP contribution in [0.25, 0.3) is 0 Å². The lowest BCUT2D eigenvalue weighted by molar-refractivity contribution is 0.651. The molecule has 0 saturated carbocycles. The Bertz CT molecular complexity index is 297. The highest BCUT2D eigenvalue weighted by molar-refractivity contribution is 7.80. The van der Waals surface area contributed by atoms with Gasteiger partial charge < -0.3 is 0 Å². The van der Waals surface area contributed by atoms with Crippen LogP contribution in [-0.4, -0.2) is 4.86 Å². The molecule has 0 aliphatic carbocycles. The predicted molar refractivity (Wildman–Crippen MR) is 97.5 cm³/mol. The minimum Gasteiger partial charge on any atom is -0.0885 e. The zero-order valence-electron chi connectivity index (χ0n) is 13.4. The number of hydrogen-bond acceptors (Lipinski definition) is 1. The van der Waals surface area contributed by atoms with E-state index in [2.05, 4.69) is 31.2 Å². The summed E-state index contributed by atoms with van der Waals surface area (Å²) in [7, 11) is 0. The maximum absolute atomic E-state index is 4.97. The third-order valence-electron chi connectivity index (χ3n) is 3.21. The molecule has 0 rings (SSSR count). The number of allylic oxidation sites excluding steroid dienone is 6. The molecule has 0 aromatic carbocycles. The quantitative estimate of drug-likeness (QED) is 0.116. The molecule has 0 fully saturated rings. The molecular weight excluding hydrogens is 260 g/mol. The first kappa shape index (κ1) is 19.3. The summed E-state index contributed by atoms with van der Waals surface area (Å²) >= 11 is 4.97. The fourth-order valence-corrected chi connectivity index (χ4v) is 2.07. The number of hydrogen-bond donors (Lipinski definition) is 0. The van der Waals surface area contributed by atoms with E-state index < -0.39 is 0 Å². The summed E-state index contributed by atoms with van der Waals surface area (Å²) in [6, 6.07) is 0. The Labute approximate surface area is 132 Å². The van der Waals surface area contributed by atoms with Crippen molar-refractivity contribution >= 4 is 17.1 Å². The predicted octanol–water partition coefficient (Wildman–Crippen LogP) is 6.97. The van der Waals surface area contributed by atoms with Gasteiger partial charge in [-0.3, -0.25) is 0 Å². The second kappa shape index (κ2) is 16.4. The molecule has 0 spiro atoms. The summed E-state index contributed by atoms with van der Waals surface area (Å²) in [5.41, 5.74) is 0. The van der Waals surface area contributed by atoms with Gasteiger partial charge in [0.25, 0.3) is 0 Å². The van der Waals surface area contributed by atoms with Crippen molar-refractivity contribution in [2.45, 2.75) is 78.1 Å². The number of unbranched alkanes of at least 4 members (excludes halogenated alkanes) is 8. The van der Waals surface area contributed by atoms with Crippen LogP contribution >= 0.6 is 12.2 Å². The average Bonchev–Trinajstić information content (AvgIpc) is 2.43. The first-order valence-electron chi connectivity index (χ1n) is 8.26. The maximum Gasteiger partial charge on any atom is 0.0121 e. The van der Waals surface area contributed by atoms with Crippen molar-refractivity contribution in [3.05, 3.63) is 36.5 Å². The van der Waals surface area contributed by atoms with Crippen LogP contribution in [0.1, 0.15) is 78.1 Å². The Kier molecular flexibility index (Phi) is 15.8. The van der Waals surface area contributed by atoms with Crippen molar-refractivity contribution < 1.29 is 0 Å². The lowest BCUT2D eigenvalue weighted by atomic mass is 10.1. The van der Waals surface area contributed by atoms with E-state index in [-0.39, 0.29) is 0 Å². The second-order valence-electron chi connectivity index (χ2n) is 5.36. The largest absolute Gasteiger partial charge is 0.0885 e. The smallest absolute Gasteiger partial charge is 0.0121 e. The fraction of sp³-hybridized carbons (Fsp3) is 0.632. The van der Waals surface area contributed by atoms with E-state index in [1.54, 1.807) is 0 Å². The standard InChI is InChI=1S/C19H32S/c1-3-4-5-6-7-8-9-10-11-12-13-14-15-16-17-18-19(2)20/h7-8,15-18H,3-6,9-14H2,1-2H3/b8-7-,16-15+,18-17+. The topological polar surface area (TPSA) is 0 Å². The van der Waals surface area contributed by atoms with E-state index >= 15 is 0 Å². The van der Waals surface area contributed by atoms with Crippen molar-refractivity contribution in [1.82, 2.24) is 0 Å².